The summed E-state index contributed by atoms with van der Waals surface area (Å²) in [6.45, 7) is 5.67. The molecule has 0 spiro atoms. The van der Waals surface area contributed by atoms with Gasteiger partial charge in [-0.1, -0.05) is 12.1 Å². The van der Waals surface area contributed by atoms with Crippen LogP contribution < -0.4 is 10.1 Å². The number of hydrogen-bond donors (Lipinski definition) is 1. The Labute approximate surface area is 119 Å². The van der Waals surface area contributed by atoms with Crippen molar-refractivity contribution in [2.75, 3.05) is 20.2 Å². The molecular weight excluding hydrogens is 256 g/mol. The summed E-state index contributed by atoms with van der Waals surface area (Å²) in [6, 6.07) is 7.55. The Morgan fingerprint density at radius 3 is 2.65 bits per heavy atom. The number of nitrogens with one attached hydrogen (secondary N) is 1. The predicted molar refractivity (Wildman–Crippen MR) is 77.6 cm³/mol. The summed E-state index contributed by atoms with van der Waals surface area (Å²) in [4.78, 5) is 24.7. The zero-order chi connectivity index (χ0) is 15.1. The van der Waals surface area contributed by atoms with Crippen molar-refractivity contribution in [3.05, 3.63) is 29.8 Å². The van der Waals surface area contributed by atoms with Gasteiger partial charge in [-0.15, -0.1) is 0 Å². The smallest absolute Gasteiger partial charge is 0.260 e. The molecule has 0 atom stereocenters. The van der Waals surface area contributed by atoms with E-state index in [0.29, 0.717) is 5.75 Å². The molecule has 0 unspecified atom stereocenters. The van der Waals surface area contributed by atoms with Crippen molar-refractivity contribution >= 4 is 11.8 Å². The molecule has 20 heavy (non-hydrogen) atoms. The highest BCUT2D eigenvalue weighted by molar-refractivity contribution is 5.85. The van der Waals surface area contributed by atoms with Gasteiger partial charge in [-0.3, -0.25) is 9.59 Å². The molecule has 0 aliphatic rings. The second kappa shape index (κ2) is 7.53. The lowest BCUT2D eigenvalue weighted by Gasteiger charge is -2.18. The van der Waals surface area contributed by atoms with Crippen molar-refractivity contribution in [2.45, 2.75) is 26.8 Å². The molecule has 1 N–H and O–H groups in total. The Morgan fingerprint density at radius 2 is 2.05 bits per heavy atom. The maximum absolute atomic E-state index is 11.8. The third kappa shape index (κ3) is 5.73. The van der Waals surface area contributed by atoms with E-state index in [1.807, 2.05) is 39.0 Å². The van der Waals surface area contributed by atoms with Crippen LogP contribution >= 0.6 is 0 Å². The average molecular weight is 278 g/mol. The number of amides is 2. The first-order chi connectivity index (χ1) is 9.38. The molecule has 0 aliphatic heterocycles. The second-order valence-electron chi connectivity index (χ2n) is 5.08. The zero-order valence-electron chi connectivity index (χ0n) is 12.5. The number of hydrogen-bond acceptors (Lipinski definition) is 3. The second-order valence-corrected chi connectivity index (χ2v) is 5.08. The summed E-state index contributed by atoms with van der Waals surface area (Å²) in [5.41, 5.74) is 1.07. The molecule has 0 saturated heterocycles. The maximum Gasteiger partial charge on any atom is 0.260 e. The Balaban J connectivity index is 2.40. The minimum Gasteiger partial charge on any atom is -0.484 e. The monoisotopic (exact) mass is 278 g/mol. The molecule has 0 saturated carbocycles. The molecule has 5 nitrogen and oxygen atoms in total. The quantitative estimate of drug-likeness (QED) is 0.854. The van der Waals surface area contributed by atoms with Gasteiger partial charge in [-0.05, 0) is 38.5 Å². The summed E-state index contributed by atoms with van der Waals surface area (Å²) in [7, 11) is 1.59. The molecule has 0 heterocycles. The van der Waals surface area contributed by atoms with Gasteiger partial charge in [-0.25, -0.2) is 0 Å². The number of carbonyl (C=O) groups is 2. The molecule has 1 rings (SSSR count). The highest BCUT2D eigenvalue weighted by atomic mass is 16.5. The highest BCUT2D eigenvalue weighted by Crippen LogP contribution is 2.12. The average Bonchev–Trinajstić information content (AvgIpc) is 2.34. The van der Waals surface area contributed by atoms with E-state index in [1.165, 1.54) is 4.90 Å². The van der Waals surface area contributed by atoms with Gasteiger partial charge < -0.3 is 15.0 Å². The largest absolute Gasteiger partial charge is 0.484 e. The molecule has 1 aromatic rings. The van der Waals surface area contributed by atoms with E-state index in [0.717, 1.165) is 5.56 Å². The molecule has 0 aliphatic carbocycles. The Morgan fingerprint density at radius 1 is 1.35 bits per heavy atom. The number of aryl methyl sites for hydroxylation is 1. The van der Waals surface area contributed by atoms with E-state index in [-0.39, 0.29) is 31.0 Å². The first kappa shape index (κ1) is 16.0. The molecule has 0 fully saturated rings. The number of ether oxygens (including phenoxy) is 1. The number of likely N-dealkylation sites (N-methyl/N-ethyl adjacent to an activating group) is 1. The van der Waals surface area contributed by atoms with Gasteiger partial charge in [0, 0.05) is 13.1 Å². The van der Waals surface area contributed by atoms with Crippen LogP contribution in [0.3, 0.4) is 0 Å². The van der Waals surface area contributed by atoms with Crippen LogP contribution in [-0.2, 0) is 9.59 Å². The lowest BCUT2D eigenvalue weighted by Crippen LogP contribution is -2.42. The summed E-state index contributed by atoms with van der Waals surface area (Å²) < 4.78 is 5.41. The number of rotatable bonds is 6. The van der Waals surface area contributed by atoms with Gasteiger partial charge in [0.2, 0.25) is 5.91 Å². The minimum absolute atomic E-state index is 0.0359. The molecule has 2 amide bonds. The lowest BCUT2D eigenvalue weighted by atomic mass is 10.2. The van der Waals surface area contributed by atoms with Gasteiger partial charge >= 0.3 is 0 Å². The highest BCUT2D eigenvalue weighted by Gasteiger charge is 2.14. The van der Waals surface area contributed by atoms with Gasteiger partial charge in [0.1, 0.15) is 5.75 Å². The van der Waals surface area contributed by atoms with E-state index in [4.69, 9.17) is 4.74 Å². The topological polar surface area (TPSA) is 58.6 Å². The van der Waals surface area contributed by atoms with Crippen molar-refractivity contribution in [1.29, 1.82) is 0 Å². The fourth-order valence-corrected chi connectivity index (χ4v) is 1.63. The van der Waals surface area contributed by atoms with Gasteiger partial charge in [0.25, 0.3) is 5.91 Å². The molecule has 0 bridgehead atoms. The minimum atomic E-state index is -0.231. The van der Waals surface area contributed by atoms with Crippen LogP contribution in [0.1, 0.15) is 19.4 Å². The molecule has 0 aromatic heterocycles. The van der Waals surface area contributed by atoms with Crippen molar-refractivity contribution < 1.29 is 14.3 Å². The van der Waals surface area contributed by atoms with E-state index < -0.39 is 0 Å². The zero-order valence-corrected chi connectivity index (χ0v) is 12.5. The molecule has 5 heteroatoms. The predicted octanol–water partition coefficient (Wildman–Crippen LogP) is 1.36. The van der Waals surface area contributed by atoms with Crippen molar-refractivity contribution in [3.8, 4) is 5.75 Å². The first-order valence-electron chi connectivity index (χ1n) is 6.61. The fraction of sp³-hybridized carbons (Fsp3) is 0.467. The Bertz CT molecular complexity index is 472. The van der Waals surface area contributed by atoms with E-state index in [2.05, 4.69) is 5.32 Å². The fourth-order valence-electron chi connectivity index (χ4n) is 1.63. The third-order valence-corrected chi connectivity index (χ3v) is 2.61. The SMILES string of the molecule is Cc1cccc(OCC(=O)N(C)CC(=O)NC(C)C)c1. The molecule has 110 valence electrons. The first-order valence-corrected chi connectivity index (χ1v) is 6.61. The van der Waals surface area contributed by atoms with E-state index in [1.54, 1.807) is 13.1 Å². The molecule has 0 radical (unpaired) electrons. The maximum atomic E-state index is 11.8. The summed E-state index contributed by atoms with van der Waals surface area (Å²) in [6.07, 6.45) is 0. The van der Waals surface area contributed by atoms with E-state index >= 15 is 0 Å². The normalized spacial score (nSPS) is 10.2. The third-order valence-electron chi connectivity index (χ3n) is 2.61. The van der Waals surface area contributed by atoms with Crippen molar-refractivity contribution in [3.63, 3.8) is 0 Å². The van der Waals surface area contributed by atoms with Gasteiger partial charge in [0.05, 0.1) is 6.54 Å². The Kier molecular flexibility index (Phi) is 6.03. The number of nitrogens with zero attached hydrogens (tertiary/aromatic N) is 1. The van der Waals surface area contributed by atoms with Crippen LogP contribution in [0.15, 0.2) is 24.3 Å². The Hall–Kier alpha value is -2.04. The molecule has 1 aromatic carbocycles. The van der Waals surface area contributed by atoms with Crippen LogP contribution in [0.25, 0.3) is 0 Å². The standard InChI is InChI=1S/C15H22N2O3/c1-11(2)16-14(18)9-17(4)15(19)10-20-13-7-5-6-12(3)8-13/h5-8,11H,9-10H2,1-4H3,(H,16,18). The summed E-state index contributed by atoms with van der Waals surface area (Å²) >= 11 is 0. The van der Waals surface area contributed by atoms with Gasteiger partial charge in [0.15, 0.2) is 6.61 Å². The van der Waals surface area contributed by atoms with Crippen molar-refractivity contribution in [1.82, 2.24) is 10.2 Å². The van der Waals surface area contributed by atoms with Gasteiger partial charge in [-0.2, -0.15) is 0 Å². The van der Waals surface area contributed by atoms with E-state index in [9.17, 15) is 9.59 Å². The number of benzene rings is 1. The van der Waals surface area contributed by atoms with Crippen molar-refractivity contribution in [2.24, 2.45) is 0 Å². The summed E-state index contributed by atoms with van der Waals surface area (Å²) in [5, 5.41) is 2.74. The van der Waals surface area contributed by atoms with Crippen LogP contribution in [-0.4, -0.2) is 43.0 Å². The summed E-state index contributed by atoms with van der Waals surface area (Å²) in [5.74, 6) is 0.246. The van der Waals surface area contributed by atoms with Crippen LogP contribution in [0, 0.1) is 6.92 Å². The lowest BCUT2D eigenvalue weighted by molar-refractivity contribution is -0.136. The van der Waals surface area contributed by atoms with Crippen LogP contribution in [0.5, 0.6) is 5.75 Å². The van der Waals surface area contributed by atoms with Crippen LogP contribution in [0.2, 0.25) is 0 Å². The number of carbonyl (C=O) groups excluding carboxylic acids is 2. The van der Waals surface area contributed by atoms with Crippen LogP contribution in [0.4, 0.5) is 0 Å². The molecular formula is C15H22N2O3.